The van der Waals surface area contributed by atoms with Gasteiger partial charge in [-0.25, -0.2) is 4.79 Å². The van der Waals surface area contributed by atoms with E-state index in [1.54, 1.807) is 25.1 Å². The monoisotopic (exact) mass is 311 g/mol. The summed E-state index contributed by atoms with van der Waals surface area (Å²) >= 11 is 6.13. The van der Waals surface area contributed by atoms with E-state index in [4.69, 9.17) is 16.3 Å². The van der Waals surface area contributed by atoms with Crippen molar-refractivity contribution in [1.82, 2.24) is 4.90 Å². The maximum atomic E-state index is 12.5. The number of benzene rings is 1. The number of likely N-dealkylation sites (tertiary alicyclic amines) is 1. The number of nitrogens with zero attached hydrogens (tertiary/aromatic N) is 1. The van der Waals surface area contributed by atoms with Gasteiger partial charge in [-0.3, -0.25) is 4.79 Å². The molecule has 5 nitrogen and oxygen atoms in total. The first-order valence-corrected chi connectivity index (χ1v) is 7.13. The molecule has 0 bridgehead atoms. The number of aliphatic carboxylic acids is 1. The third kappa shape index (κ3) is 2.83. The molecule has 1 unspecified atom stereocenters. The first kappa shape index (κ1) is 15.6. The number of halogens is 1. The summed E-state index contributed by atoms with van der Waals surface area (Å²) in [7, 11) is 1.51. The lowest BCUT2D eigenvalue weighted by atomic mass is 9.98. The first-order chi connectivity index (χ1) is 9.90. The van der Waals surface area contributed by atoms with Gasteiger partial charge in [0, 0.05) is 17.1 Å². The minimum Gasteiger partial charge on any atom is -0.496 e. The van der Waals surface area contributed by atoms with Crippen molar-refractivity contribution in [3.63, 3.8) is 0 Å². The van der Waals surface area contributed by atoms with Crippen molar-refractivity contribution in [2.75, 3.05) is 13.7 Å². The number of hydrogen-bond donors (Lipinski definition) is 1. The highest BCUT2D eigenvalue weighted by Crippen LogP contribution is 2.32. The SMILES string of the molecule is COc1cccc(Cl)c1CC(=O)N1CCCC1(C)C(=O)O. The van der Waals surface area contributed by atoms with Crippen LogP contribution in [0, 0.1) is 0 Å². The summed E-state index contributed by atoms with van der Waals surface area (Å²) in [6.45, 7) is 2.04. The van der Waals surface area contributed by atoms with Crippen molar-refractivity contribution in [2.45, 2.75) is 31.7 Å². The molecule has 1 atom stereocenters. The Balaban J connectivity index is 2.25. The van der Waals surface area contributed by atoms with Crippen LogP contribution in [0.1, 0.15) is 25.3 Å². The quantitative estimate of drug-likeness (QED) is 0.927. The van der Waals surface area contributed by atoms with Gasteiger partial charge in [-0.1, -0.05) is 17.7 Å². The van der Waals surface area contributed by atoms with Crippen LogP contribution in [-0.2, 0) is 16.0 Å². The first-order valence-electron chi connectivity index (χ1n) is 6.75. The average molecular weight is 312 g/mol. The molecular weight excluding hydrogens is 294 g/mol. The van der Waals surface area contributed by atoms with E-state index in [-0.39, 0.29) is 12.3 Å². The fourth-order valence-electron chi connectivity index (χ4n) is 2.73. The fourth-order valence-corrected chi connectivity index (χ4v) is 2.97. The maximum Gasteiger partial charge on any atom is 0.329 e. The van der Waals surface area contributed by atoms with Crippen molar-refractivity contribution in [3.05, 3.63) is 28.8 Å². The number of carbonyl (C=O) groups excluding carboxylic acids is 1. The van der Waals surface area contributed by atoms with Crippen LogP contribution in [0.15, 0.2) is 18.2 Å². The maximum absolute atomic E-state index is 12.5. The van der Waals surface area contributed by atoms with Gasteiger partial charge >= 0.3 is 5.97 Å². The lowest BCUT2D eigenvalue weighted by molar-refractivity contribution is -0.155. The molecule has 1 amide bonds. The van der Waals surface area contributed by atoms with Crippen LogP contribution in [0.3, 0.4) is 0 Å². The van der Waals surface area contributed by atoms with Gasteiger partial charge in [0.25, 0.3) is 0 Å². The van der Waals surface area contributed by atoms with Gasteiger partial charge in [0.05, 0.1) is 13.5 Å². The minimum absolute atomic E-state index is 0.0334. The van der Waals surface area contributed by atoms with Crippen molar-refractivity contribution in [1.29, 1.82) is 0 Å². The lowest BCUT2D eigenvalue weighted by Gasteiger charge is -2.31. The number of ether oxygens (including phenoxy) is 1. The van der Waals surface area contributed by atoms with E-state index in [1.165, 1.54) is 12.0 Å². The van der Waals surface area contributed by atoms with Gasteiger partial charge in [0.2, 0.25) is 5.91 Å². The Morgan fingerprint density at radius 2 is 2.19 bits per heavy atom. The van der Waals surface area contributed by atoms with Crippen molar-refractivity contribution < 1.29 is 19.4 Å². The number of carboxylic acid groups (broad SMARTS) is 1. The van der Waals surface area contributed by atoms with Crippen LogP contribution in [0.4, 0.5) is 0 Å². The number of carbonyl (C=O) groups is 2. The van der Waals surface area contributed by atoms with Crippen LogP contribution in [0.25, 0.3) is 0 Å². The summed E-state index contributed by atoms with van der Waals surface area (Å²) in [5.41, 5.74) is -0.544. The van der Waals surface area contributed by atoms with Gasteiger partial charge in [0.1, 0.15) is 11.3 Å². The molecule has 114 valence electrons. The molecule has 1 aromatic carbocycles. The zero-order valence-electron chi connectivity index (χ0n) is 12.1. The number of methoxy groups -OCH3 is 1. The topological polar surface area (TPSA) is 66.8 Å². The Labute approximate surface area is 128 Å². The Morgan fingerprint density at radius 1 is 1.48 bits per heavy atom. The van der Waals surface area contributed by atoms with Gasteiger partial charge in [-0.15, -0.1) is 0 Å². The Hall–Kier alpha value is -1.75. The molecule has 1 heterocycles. The third-order valence-electron chi connectivity index (χ3n) is 4.03. The van der Waals surface area contributed by atoms with Gasteiger partial charge in [-0.2, -0.15) is 0 Å². The van der Waals surface area contributed by atoms with Crippen LogP contribution in [0.2, 0.25) is 5.02 Å². The minimum atomic E-state index is -1.13. The van der Waals surface area contributed by atoms with E-state index in [9.17, 15) is 14.7 Å². The molecule has 1 aliphatic heterocycles. The molecule has 1 aliphatic rings. The Morgan fingerprint density at radius 3 is 2.81 bits per heavy atom. The fraction of sp³-hybridized carbons (Fsp3) is 0.467. The zero-order valence-corrected chi connectivity index (χ0v) is 12.8. The largest absolute Gasteiger partial charge is 0.496 e. The number of hydrogen-bond acceptors (Lipinski definition) is 3. The predicted octanol–water partition coefficient (Wildman–Crippen LogP) is 2.36. The van der Waals surface area contributed by atoms with Gasteiger partial charge in [-0.05, 0) is 31.9 Å². The highest BCUT2D eigenvalue weighted by molar-refractivity contribution is 6.31. The summed E-state index contributed by atoms with van der Waals surface area (Å²) in [5.74, 6) is -0.685. The van der Waals surface area contributed by atoms with E-state index in [0.29, 0.717) is 35.7 Å². The summed E-state index contributed by atoms with van der Waals surface area (Å²) in [5, 5.41) is 9.81. The zero-order chi connectivity index (χ0) is 15.6. The van der Waals surface area contributed by atoms with Crippen LogP contribution >= 0.6 is 11.6 Å². The molecule has 1 saturated heterocycles. The molecule has 1 fully saturated rings. The highest BCUT2D eigenvalue weighted by Gasteiger charge is 2.45. The second-order valence-corrected chi connectivity index (χ2v) is 5.73. The van der Waals surface area contributed by atoms with E-state index < -0.39 is 11.5 Å². The van der Waals surface area contributed by atoms with E-state index in [1.807, 2.05) is 0 Å². The van der Waals surface area contributed by atoms with E-state index in [2.05, 4.69) is 0 Å². The molecule has 0 aliphatic carbocycles. The molecule has 0 radical (unpaired) electrons. The molecule has 1 N–H and O–H groups in total. The summed E-state index contributed by atoms with van der Waals surface area (Å²) < 4.78 is 5.22. The molecule has 2 rings (SSSR count). The number of rotatable bonds is 4. The van der Waals surface area contributed by atoms with Crippen molar-refractivity contribution in [3.8, 4) is 5.75 Å². The van der Waals surface area contributed by atoms with Gasteiger partial charge in [0.15, 0.2) is 0 Å². The molecule has 0 saturated carbocycles. The third-order valence-corrected chi connectivity index (χ3v) is 4.38. The molecule has 21 heavy (non-hydrogen) atoms. The summed E-state index contributed by atoms with van der Waals surface area (Å²) in [4.78, 5) is 25.4. The molecule has 6 heteroatoms. The molecule has 1 aromatic rings. The van der Waals surface area contributed by atoms with E-state index in [0.717, 1.165) is 0 Å². The predicted molar refractivity (Wildman–Crippen MR) is 78.7 cm³/mol. The van der Waals surface area contributed by atoms with Gasteiger partial charge < -0.3 is 14.7 Å². The average Bonchev–Trinajstić information content (AvgIpc) is 2.84. The summed E-state index contributed by atoms with van der Waals surface area (Å²) in [6, 6.07) is 5.16. The van der Waals surface area contributed by atoms with Crippen molar-refractivity contribution in [2.24, 2.45) is 0 Å². The highest BCUT2D eigenvalue weighted by atomic mass is 35.5. The van der Waals surface area contributed by atoms with Crippen LogP contribution in [0.5, 0.6) is 5.75 Å². The normalized spacial score (nSPS) is 21.4. The Kier molecular flexibility index (Phi) is 4.42. The standard InChI is InChI=1S/C15H18ClNO4/c1-15(14(19)20)7-4-8-17(15)13(18)9-10-11(16)5-3-6-12(10)21-2/h3,5-6H,4,7-9H2,1-2H3,(H,19,20). The number of amides is 1. The molecule has 0 aromatic heterocycles. The van der Waals surface area contributed by atoms with Crippen molar-refractivity contribution >= 4 is 23.5 Å². The summed E-state index contributed by atoms with van der Waals surface area (Å²) in [6.07, 6.45) is 1.19. The molecular formula is C15H18ClNO4. The second kappa shape index (κ2) is 5.93. The lowest BCUT2D eigenvalue weighted by Crippen LogP contribution is -2.51. The number of carboxylic acids is 1. The smallest absolute Gasteiger partial charge is 0.329 e. The van der Waals surface area contributed by atoms with E-state index >= 15 is 0 Å². The molecule has 0 spiro atoms. The Bertz CT molecular complexity index is 575. The second-order valence-electron chi connectivity index (χ2n) is 5.33. The van der Waals surface area contributed by atoms with Crippen LogP contribution in [-0.4, -0.2) is 41.1 Å². The van der Waals surface area contributed by atoms with Crippen LogP contribution < -0.4 is 4.74 Å².